The van der Waals surface area contributed by atoms with Crippen molar-refractivity contribution in [2.45, 2.75) is 13.0 Å². The Morgan fingerprint density at radius 1 is 1.55 bits per heavy atom. The standard InChI is InChI=1S/C14H15FN2O2S/c1-8-7-19-5-4-17(8)14(18)13-12(16)10-6-9(15)2-3-11(10)20-13/h2-3,6,8H,4-5,7,16H2,1H3. The molecule has 3 rings (SSSR count). The van der Waals surface area contributed by atoms with Gasteiger partial charge in [-0.1, -0.05) is 0 Å². The van der Waals surface area contributed by atoms with Crippen LogP contribution in [0.25, 0.3) is 10.1 Å². The second-order valence-corrected chi connectivity index (χ2v) is 5.96. The summed E-state index contributed by atoms with van der Waals surface area (Å²) in [6.45, 7) is 3.57. The maximum Gasteiger partial charge on any atom is 0.266 e. The van der Waals surface area contributed by atoms with Crippen LogP contribution in [-0.4, -0.2) is 36.6 Å². The second kappa shape index (κ2) is 5.03. The molecule has 1 amide bonds. The van der Waals surface area contributed by atoms with Gasteiger partial charge in [0.15, 0.2) is 0 Å². The molecule has 0 spiro atoms. The molecule has 0 radical (unpaired) electrons. The summed E-state index contributed by atoms with van der Waals surface area (Å²) in [4.78, 5) is 14.8. The SMILES string of the molecule is CC1COCCN1C(=O)c1sc2ccc(F)cc2c1N. The summed E-state index contributed by atoms with van der Waals surface area (Å²) in [5, 5.41) is 0.610. The molecular formula is C14H15FN2O2S. The number of morpholine rings is 1. The molecule has 0 saturated carbocycles. The normalized spacial score (nSPS) is 19.5. The van der Waals surface area contributed by atoms with Crippen molar-refractivity contribution in [3.8, 4) is 0 Å². The average molecular weight is 294 g/mol. The Bertz CT molecular complexity index is 670. The Kier molecular flexibility index (Phi) is 3.35. The molecule has 4 nitrogen and oxygen atoms in total. The van der Waals surface area contributed by atoms with Crippen LogP contribution in [0, 0.1) is 5.82 Å². The predicted octanol–water partition coefficient (Wildman–Crippen LogP) is 2.48. The van der Waals surface area contributed by atoms with E-state index in [1.807, 2.05) is 6.92 Å². The lowest BCUT2D eigenvalue weighted by Gasteiger charge is -2.33. The molecule has 1 aromatic heterocycles. The number of carbonyl (C=O) groups is 1. The summed E-state index contributed by atoms with van der Waals surface area (Å²) in [5.74, 6) is -0.444. The Hall–Kier alpha value is -1.66. The number of amides is 1. The number of nitrogens with zero attached hydrogens (tertiary/aromatic N) is 1. The van der Waals surface area contributed by atoms with Crippen LogP contribution in [-0.2, 0) is 4.74 Å². The van der Waals surface area contributed by atoms with Gasteiger partial charge < -0.3 is 15.4 Å². The topological polar surface area (TPSA) is 55.6 Å². The minimum atomic E-state index is -0.347. The van der Waals surface area contributed by atoms with Gasteiger partial charge >= 0.3 is 0 Å². The van der Waals surface area contributed by atoms with Gasteiger partial charge in [0.1, 0.15) is 10.7 Å². The molecule has 2 N–H and O–H groups in total. The first-order chi connectivity index (χ1) is 9.58. The van der Waals surface area contributed by atoms with Crippen molar-refractivity contribution in [3.63, 3.8) is 0 Å². The number of benzene rings is 1. The van der Waals surface area contributed by atoms with E-state index in [4.69, 9.17) is 10.5 Å². The van der Waals surface area contributed by atoms with Gasteiger partial charge in [-0.15, -0.1) is 11.3 Å². The fourth-order valence-electron chi connectivity index (χ4n) is 2.41. The highest BCUT2D eigenvalue weighted by atomic mass is 32.1. The lowest BCUT2D eigenvalue weighted by atomic mass is 10.2. The zero-order valence-electron chi connectivity index (χ0n) is 11.1. The van der Waals surface area contributed by atoms with Crippen LogP contribution >= 0.6 is 11.3 Å². The van der Waals surface area contributed by atoms with Gasteiger partial charge in [-0.25, -0.2) is 4.39 Å². The van der Waals surface area contributed by atoms with E-state index in [2.05, 4.69) is 0 Å². The minimum Gasteiger partial charge on any atom is -0.397 e. The van der Waals surface area contributed by atoms with E-state index in [0.29, 0.717) is 35.7 Å². The molecule has 0 aliphatic carbocycles. The number of thiophene rings is 1. The lowest BCUT2D eigenvalue weighted by molar-refractivity contribution is 0.00392. The monoisotopic (exact) mass is 294 g/mol. The van der Waals surface area contributed by atoms with Gasteiger partial charge in [0, 0.05) is 16.6 Å². The van der Waals surface area contributed by atoms with Crippen molar-refractivity contribution in [2.24, 2.45) is 0 Å². The summed E-state index contributed by atoms with van der Waals surface area (Å²) in [7, 11) is 0. The van der Waals surface area contributed by atoms with E-state index in [1.54, 1.807) is 11.0 Å². The summed E-state index contributed by atoms with van der Waals surface area (Å²) in [6.07, 6.45) is 0. The van der Waals surface area contributed by atoms with E-state index in [1.165, 1.54) is 23.5 Å². The first-order valence-corrected chi connectivity index (χ1v) is 7.26. The van der Waals surface area contributed by atoms with Crippen molar-refractivity contribution < 1.29 is 13.9 Å². The quantitative estimate of drug-likeness (QED) is 0.879. The molecule has 1 aliphatic rings. The lowest BCUT2D eigenvalue weighted by Crippen LogP contribution is -2.47. The first-order valence-electron chi connectivity index (χ1n) is 6.44. The van der Waals surface area contributed by atoms with E-state index in [9.17, 15) is 9.18 Å². The molecule has 1 aromatic carbocycles. The van der Waals surface area contributed by atoms with E-state index < -0.39 is 0 Å². The molecule has 2 heterocycles. The summed E-state index contributed by atoms with van der Waals surface area (Å²) < 4.78 is 19.4. The van der Waals surface area contributed by atoms with Gasteiger partial charge in [-0.2, -0.15) is 0 Å². The highest BCUT2D eigenvalue weighted by Crippen LogP contribution is 2.35. The molecule has 6 heteroatoms. The van der Waals surface area contributed by atoms with Gasteiger partial charge in [0.2, 0.25) is 0 Å². The van der Waals surface area contributed by atoms with Gasteiger partial charge in [0.05, 0.1) is 24.9 Å². The van der Waals surface area contributed by atoms with Gasteiger partial charge in [-0.05, 0) is 25.1 Å². The van der Waals surface area contributed by atoms with Crippen molar-refractivity contribution in [1.29, 1.82) is 0 Å². The summed E-state index contributed by atoms with van der Waals surface area (Å²) in [6, 6.07) is 4.44. The van der Waals surface area contributed by atoms with Crippen LogP contribution in [0.5, 0.6) is 0 Å². The number of halogens is 1. The number of hydrogen-bond donors (Lipinski definition) is 1. The largest absolute Gasteiger partial charge is 0.397 e. The third-order valence-electron chi connectivity index (χ3n) is 3.51. The molecule has 1 aliphatic heterocycles. The molecule has 0 bridgehead atoms. The third-order valence-corrected chi connectivity index (χ3v) is 4.69. The summed E-state index contributed by atoms with van der Waals surface area (Å²) in [5.41, 5.74) is 6.39. The van der Waals surface area contributed by atoms with E-state index in [0.717, 1.165) is 4.70 Å². The van der Waals surface area contributed by atoms with Crippen molar-refractivity contribution in [2.75, 3.05) is 25.5 Å². The Morgan fingerprint density at radius 2 is 2.35 bits per heavy atom. The van der Waals surface area contributed by atoms with Crippen LogP contribution in [0.2, 0.25) is 0 Å². The second-order valence-electron chi connectivity index (χ2n) is 4.91. The van der Waals surface area contributed by atoms with Crippen molar-refractivity contribution in [3.05, 3.63) is 28.9 Å². The molecular weight excluding hydrogens is 279 g/mol. The minimum absolute atomic E-state index is 0.0256. The predicted molar refractivity (Wildman–Crippen MR) is 77.5 cm³/mol. The number of anilines is 1. The maximum atomic E-state index is 13.3. The number of nitrogens with two attached hydrogens (primary N) is 1. The molecule has 106 valence electrons. The molecule has 2 aromatic rings. The average Bonchev–Trinajstić information content (AvgIpc) is 2.76. The highest BCUT2D eigenvalue weighted by Gasteiger charge is 2.28. The third kappa shape index (κ3) is 2.14. The molecule has 20 heavy (non-hydrogen) atoms. The fourth-order valence-corrected chi connectivity index (χ4v) is 3.47. The van der Waals surface area contributed by atoms with Crippen LogP contribution in [0.4, 0.5) is 10.1 Å². The van der Waals surface area contributed by atoms with Crippen LogP contribution in [0.3, 0.4) is 0 Å². The molecule has 1 unspecified atom stereocenters. The number of ether oxygens (including phenoxy) is 1. The number of nitrogen functional groups attached to an aromatic ring is 1. The zero-order valence-corrected chi connectivity index (χ0v) is 11.9. The Labute approximate surface area is 119 Å². The van der Waals surface area contributed by atoms with Crippen LogP contribution in [0.15, 0.2) is 18.2 Å². The number of carbonyl (C=O) groups excluding carboxylic acids is 1. The number of rotatable bonds is 1. The van der Waals surface area contributed by atoms with Crippen molar-refractivity contribution in [1.82, 2.24) is 4.90 Å². The summed E-state index contributed by atoms with van der Waals surface area (Å²) >= 11 is 1.31. The Balaban J connectivity index is 2.01. The first kappa shape index (κ1) is 13.3. The fraction of sp³-hybridized carbons (Fsp3) is 0.357. The molecule has 1 atom stereocenters. The van der Waals surface area contributed by atoms with Gasteiger partial charge in [-0.3, -0.25) is 4.79 Å². The van der Waals surface area contributed by atoms with Gasteiger partial charge in [0.25, 0.3) is 5.91 Å². The van der Waals surface area contributed by atoms with Crippen molar-refractivity contribution >= 4 is 33.0 Å². The maximum absolute atomic E-state index is 13.3. The van der Waals surface area contributed by atoms with Crippen LogP contribution < -0.4 is 5.73 Å². The van der Waals surface area contributed by atoms with Crippen LogP contribution in [0.1, 0.15) is 16.6 Å². The number of hydrogen-bond acceptors (Lipinski definition) is 4. The molecule has 1 saturated heterocycles. The van der Waals surface area contributed by atoms with E-state index in [-0.39, 0.29) is 17.8 Å². The molecule has 1 fully saturated rings. The smallest absolute Gasteiger partial charge is 0.266 e. The Morgan fingerprint density at radius 3 is 3.10 bits per heavy atom. The highest BCUT2D eigenvalue weighted by molar-refractivity contribution is 7.21. The number of fused-ring (bicyclic) bond motifs is 1. The van der Waals surface area contributed by atoms with E-state index >= 15 is 0 Å². The zero-order chi connectivity index (χ0) is 14.3.